The van der Waals surface area contributed by atoms with Crippen molar-refractivity contribution in [3.05, 3.63) is 17.9 Å². The van der Waals surface area contributed by atoms with Gasteiger partial charge in [-0.3, -0.25) is 0 Å². The summed E-state index contributed by atoms with van der Waals surface area (Å²) in [6, 6.07) is 2.86. The number of rotatable bonds is 4. The number of benzene rings is 1. The van der Waals surface area contributed by atoms with Gasteiger partial charge in [0.1, 0.15) is 0 Å². The maximum Gasteiger partial charge on any atom is 0.488 e. The summed E-state index contributed by atoms with van der Waals surface area (Å²) in [6.45, 7) is 8.08. The molecule has 0 spiro atoms. The molecule has 0 amide bonds. The van der Waals surface area contributed by atoms with Crippen molar-refractivity contribution in [2.45, 2.75) is 26.6 Å². The molecule has 17 heavy (non-hydrogen) atoms. The summed E-state index contributed by atoms with van der Waals surface area (Å²) < 4.78 is 19.3. The van der Waals surface area contributed by atoms with Gasteiger partial charge in [0, 0.05) is 0 Å². The first-order chi connectivity index (χ1) is 7.77. The summed E-state index contributed by atoms with van der Waals surface area (Å²) in [6.07, 6.45) is 0. The molecular formula is C11H18BFO3Si. The first-order valence-electron chi connectivity index (χ1n) is 5.60. The van der Waals surface area contributed by atoms with Gasteiger partial charge in [0.25, 0.3) is 0 Å². The van der Waals surface area contributed by atoms with E-state index in [0.717, 1.165) is 0 Å². The Hall–Kier alpha value is -0.848. The molecule has 0 fully saturated rings. The highest BCUT2D eigenvalue weighted by Crippen LogP contribution is 2.17. The van der Waals surface area contributed by atoms with E-state index in [1.165, 1.54) is 12.1 Å². The van der Waals surface area contributed by atoms with Crippen molar-refractivity contribution in [2.24, 2.45) is 0 Å². The van der Waals surface area contributed by atoms with Gasteiger partial charge in [-0.2, -0.15) is 0 Å². The van der Waals surface area contributed by atoms with Gasteiger partial charge < -0.3 is 14.8 Å². The van der Waals surface area contributed by atoms with Gasteiger partial charge in [-0.1, -0.05) is 25.7 Å². The summed E-state index contributed by atoms with van der Waals surface area (Å²) in [7, 11) is -3.50. The zero-order valence-electron chi connectivity index (χ0n) is 10.6. The smallest absolute Gasteiger partial charge is 0.488 e. The zero-order valence-corrected chi connectivity index (χ0v) is 11.6. The van der Waals surface area contributed by atoms with Crippen molar-refractivity contribution in [1.29, 1.82) is 0 Å². The molecule has 1 aromatic rings. The molecule has 0 saturated heterocycles. The molecule has 0 radical (unpaired) electrons. The minimum absolute atomic E-state index is 0.0931. The van der Waals surface area contributed by atoms with Crippen molar-refractivity contribution >= 4 is 25.8 Å². The summed E-state index contributed by atoms with van der Waals surface area (Å²) in [4.78, 5) is 0. The van der Waals surface area contributed by atoms with Crippen molar-refractivity contribution in [2.75, 3.05) is 6.61 Å². The third-order valence-electron chi connectivity index (χ3n) is 2.47. The van der Waals surface area contributed by atoms with Gasteiger partial charge in [-0.15, -0.1) is 0 Å². The van der Waals surface area contributed by atoms with Crippen LogP contribution in [-0.2, 0) is 0 Å². The highest BCUT2D eigenvalue weighted by atomic mass is 28.3. The van der Waals surface area contributed by atoms with Gasteiger partial charge in [0.2, 0.25) is 0 Å². The number of ether oxygens (including phenoxy) is 1. The van der Waals surface area contributed by atoms with Crippen molar-refractivity contribution < 1.29 is 19.2 Å². The molecule has 3 nitrogen and oxygen atoms in total. The summed E-state index contributed by atoms with van der Waals surface area (Å²) in [5.74, 6) is -0.286. The zero-order chi connectivity index (χ0) is 13.2. The highest BCUT2D eigenvalue weighted by molar-refractivity contribution is 6.89. The fourth-order valence-corrected chi connectivity index (χ4v) is 2.96. The normalized spacial score (nSPS) is 11.5. The maximum absolute atomic E-state index is 14.1. The number of halogens is 1. The fraction of sp³-hybridized carbons (Fsp3) is 0.455. The van der Waals surface area contributed by atoms with Gasteiger partial charge in [0.15, 0.2) is 11.6 Å². The quantitative estimate of drug-likeness (QED) is 0.769. The van der Waals surface area contributed by atoms with Crippen molar-refractivity contribution in [3.63, 3.8) is 0 Å². The van der Waals surface area contributed by atoms with E-state index in [0.29, 0.717) is 11.8 Å². The van der Waals surface area contributed by atoms with E-state index in [1.54, 1.807) is 6.92 Å². The summed E-state index contributed by atoms with van der Waals surface area (Å²) in [5.41, 5.74) is 0.271. The van der Waals surface area contributed by atoms with Crippen LogP contribution in [0.2, 0.25) is 19.6 Å². The maximum atomic E-state index is 14.1. The van der Waals surface area contributed by atoms with Gasteiger partial charge in [-0.25, -0.2) is 4.39 Å². The Bertz CT molecular complexity index is 404. The van der Waals surface area contributed by atoms with Crippen LogP contribution in [0, 0.1) is 5.82 Å². The molecular weight excluding hydrogens is 238 g/mol. The number of hydrogen-bond acceptors (Lipinski definition) is 3. The second-order valence-electron chi connectivity index (χ2n) is 4.94. The lowest BCUT2D eigenvalue weighted by atomic mass is 9.80. The highest BCUT2D eigenvalue weighted by Gasteiger charge is 2.26. The van der Waals surface area contributed by atoms with Crippen molar-refractivity contribution in [1.82, 2.24) is 0 Å². The van der Waals surface area contributed by atoms with Gasteiger partial charge in [-0.05, 0) is 23.6 Å². The molecule has 2 N–H and O–H groups in total. The molecule has 1 aromatic carbocycles. The van der Waals surface area contributed by atoms with Crippen LogP contribution in [0.4, 0.5) is 4.39 Å². The Balaban J connectivity index is 3.38. The molecule has 0 atom stereocenters. The van der Waals surface area contributed by atoms with Crippen LogP contribution in [0.5, 0.6) is 5.75 Å². The summed E-state index contributed by atoms with van der Waals surface area (Å²) in [5, 5.41) is 18.9. The summed E-state index contributed by atoms with van der Waals surface area (Å²) >= 11 is 0. The van der Waals surface area contributed by atoms with E-state index in [4.69, 9.17) is 4.74 Å². The SMILES string of the molecule is CCOc1cc(B(O)O)cc([Si](C)(C)C)c1F. The first kappa shape index (κ1) is 14.2. The van der Waals surface area contributed by atoms with Crippen LogP contribution < -0.4 is 15.4 Å². The molecule has 0 aromatic heterocycles. The topological polar surface area (TPSA) is 49.7 Å². The third kappa shape index (κ3) is 3.31. The average Bonchev–Trinajstić information content (AvgIpc) is 2.19. The Morgan fingerprint density at radius 2 is 1.88 bits per heavy atom. The molecule has 0 aliphatic carbocycles. The Labute approximate surface area is 102 Å². The molecule has 1 rings (SSSR count). The van der Waals surface area contributed by atoms with Crippen LogP contribution >= 0.6 is 0 Å². The van der Waals surface area contributed by atoms with Gasteiger partial charge in [0.05, 0.1) is 14.7 Å². The molecule has 0 aliphatic heterocycles. The third-order valence-corrected chi connectivity index (χ3v) is 4.45. The minimum Gasteiger partial charge on any atom is -0.491 e. The molecule has 94 valence electrons. The first-order valence-corrected chi connectivity index (χ1v) is 9.10. The molecule has 0 unspecified atom stereocenters. The second-order valence-corrected chi connectivity index (χ2v) is 9.98. The van der Waals surface area contributed by atoms with E-state index in [9.17, 15) is 14.4 Å². The van der Waals surface area contributed by atoms with Gasteiger partial charge >= 0.3 is 7.12 Å². The van der Waals surface area contributed by atoms with Crippen LogP contribution in [0.1, 0.15) is 6.92 Å². The molecule has 0 saturated carbocycles. The van der Waals surface area contributed by atoms with Crippen LogP contribution in [0.15, 0.2) is 12.1 Å². The minimum atomic E-state index is -1.89. The van der Waals surface area contributed by atoms with Crippen LogP contribution in [-0.4, -0.2) is 31.8 Å². The molecule has 0 aliphatic rings. The Morgan fingerprint density at radius 3 is 2.29 bits per heavy atom. The predicted octanol–water partition coefficient (Wildman–Crippen LogP) is 0.449. The van der Waals surface area contributed by atoms with E-state index >= 15 is 0 Å². The van der Waals surface area contributed by atoms with E-state index < -0.39 is 15.2 Å². The van der Waals surface area contributed by atoms with Crippen molar-refractivity contribution in [3.8, 4) is 5.75 Å². The lowest BCUT2D eigenvalue weighted by molar-refractivity contribution is 0.322. The largest absolute Gasteiger partial charge is 0.491 e. The fourth-order valence-electron chi connectivity index (χ4n) is 1.57. The molecule has 0 heterocycles. The van der Waals surface area contributed by atoms with E-state index in [1.807, 2.05) is 19.6 Å². The Morgan fingerprint density at radius 1 is 1.29 bits per heavy atom. The van der Waals surface area contributed by atoms with Crippen LogP contribution in [0.3, 0.4) is 0 Å². The number of hydrogen-bond donors (Lipinski definition) is 2. The Kier molecular flexibility index (Phi) is 4.35. The monoisotopic (exact) mass is 256 g/mol. The lowest BCUT2D eigenvalue weighted by Crippen LogP contribution is -2.44. The predicted molar refractivity (Wildman–Crippen MR) is 70.4 cm³/mol. The van der Waals surface area contributed by atoms with E-state index in [-0.39, 0.29) is 17.0 Å². The standard InChI is InChI=1S/C11H18BFO3Si/c1-5-16-9-6-8(12(14)15)7-10(11(9)13)17(2,3)4/h6-7,14-15H,5H2,1-4H3. The molecule has 6 heteroatoms. The van der Waals surface area contributed by atoms with E-state index in [2.05, 4.69) is 0 Å². The second kappa shape index (κ2) is 5.20. The lowest BCUT2D eigenvalue weighted by Gasteiger charge is -2.20. The average molecular weight is 256 g/mol. The van der Waals surface area contributed by atoms with Crippen LogP contribution in [0.25, 0.3) is 0 Å². The molecule has 0 bridgehead atoms.